The predicted octanol–water partition coefficient (Wildman–Crippen LogP) is 1.47. The van der Waals surface area contributed by atoms with Gasteiger partial charge in [0.15, 0.2) is 6.54 Å². The minimum Gasteiger partial charge on any atom is -0.325 e. The maximum Gasteiger partial charge on any atom is 0.279 e. The van der Waals surface area contributed by atoms with Gasteiger partial charge in [0.1, 0.15) is 26.2 Å². The second-order valence-corrected chi connectivity index (χ2v) is 9.15. The molecule has 4 nitrogen and oxygen atoms in total. The smallest absolute Gasteiger partial charge is 0.279 e. The number of hydrogen-bond donors (Lipinski definition) is 3. The van der Waals surface area contributed by atoms with Crippen LogP contribution < -0.4 is 15.1 Å². The molecule has 0 unspecified atom stereocenters. The summed E-state index contributed by atoms with van der Waals surface area (Å²) >= 11 is 7.82. The molecule has 1 saturated heterocycles. The van der Waals surface area contributed by atoms with Gasteiger partial charge in [0.05, 0.1) is 6.54 Å². The van der Waals surface area contributed by atoms with Crippen molar-refractivity contribution in [2.24, 2.45) is 0 Å². The lowest BCUT2D eigenvalue weighted by Crippen LogP contribution is -3.28. The first kappa shape index (κ1) is 21.2. The highest BCUT2D eigenvalue weighted by Crippen LogP contribution is 2.20. The van der Waals surface area contributed by atoms with Crippen LogP contribution in [0.15, 0.2) is 47.4 Å². The van der Waals surface area contributed by atoms with E-state index in [9.17, 15) is 4.79 Å². The van der Waals surface area contributed by atoms with Crippen LogP contribution in [0.4, 0.5) is 5.69 Å². The molecule has 0 aliphatic carbocycles. The second-order valence-electron chi connectivity index (χ2n) is 7.54. The molecule has 6 heteroatoms. The molecule has 1 fully saturated rings. The maximum absolute atomic E-state index is 12.5. The fourth-order valence-electron chi connectivity index (χ4n) is 3.65. The van der Waals surface area contributed by atoms with Crippen LogP contribution in [-0.4, -0.2) is 50.9 Å². The lowest BCUT2D eigenvalue weighted by atomic mass is 10.1. The third-order valence-electron chi connectivity index (χ3n) is 5.36. The summed E-state index contributed by atoms with van der Waals surface area (Å²) in [6.07, 6.45) is 0. The van der Waals surface area contributed by atoms with Crippen LogP contribution in [0.3, 0.4) is 0 Å². The van der Waals surface area contributed by atoms with E-state index in [1.807, 2.05) is 55.9 Å². The zero-order valence-corrected chi connectivity index (χ0v) is 18.3. The van der Waals surface area contributed by atoms with Gasteiger partial charge in [-0.2, -0.15) is 0 Å². The Hall–Kier alpha value is -1.53. The predicted molar refractivity (Wildman–Crippen MR) is 118 cm³/mol. The van der Waals surface area contributed by atoms with Gasteiger partial charge in [-0.15, -0.1) is 11.8 Å². The van der Waals surface area contributed by atoms with E-state index in [0.717, 1.165) is 60.3 Å². The van der Waals surface area contributed by atoms with E-state index in [2.05, 4.69) is 17.4 Å². The summed E-state index contributed by atoms with van der Waals surface area (Å²) in [7, 11) is 0. The number of para-hydroxylation sites is 1. The summed E-state index contributed by atoms with van der Waals surface area (Å²) in [5, 5.41) is 3.90. The number of anilines is 1. The van der Waals surface area contributed by atoms with Gasteiger partial charge in [0, 0.05) is 21.4 Å². The highest BCUT2D eigenvalue weighted by atomic mass is 35.5. The Morgan fingerprint density at radius 3 is 2.25 bits per heavy atom. The van der Waals surface area contributed by atoms with Crippen LogP contribution in [0.2, 0.25) is 5.02 Å². The minimum atomic E-state index is 0.120. The first-order valence-corrected chi connectivity index (χ1v) is 11.3. The number of quaternary nitrogens is 2. The largest absolute Gasteiger partial charge is 0.325 e. The Balaban J connectivity index is 1.36. The van der Waals surface area contributed by atoms with E-state index in [-0.39, 0.29) is 5.91 Å². The molecule has 0 spiro atoms. The number of carbonyl (C=O) groups excluding carboxylic acids is 1. The number of rotatable bonds is 7. The highest BCUT2D eigenvalue weighted by Gasteiger charge is 2.24. The fraction of sp³-hybridized carbons (Fsp3) is 0.409. The van der Waals surface area contributed by atoms with Crippen molar-refractivity contribution < 1.29 is 14.6 Å². The summed E-state index contributed by atoms with van der Waals surface area (Å²) in [5.41, 5.74) is 3.21. The van der Waals surface area contributed by atoms with Crippen molar-refractivity contribution >= 4 is 35.0 Å². The Labute approximate surface area is 177 Å². The highest BCUT2D eigenvalue weighted by molar-refractivity contribution is 7.99. The molecule has 1 amide bonds. The zero-order valence-electron chi connectivity index (χ0n) is 16.7. The molecule has 0 saturated carbocycles. The van der Waals surface area contributed by atoms with Gasteiger partial charge in [0.2, 0.25) is 0 Å². The van der Waals surface area contributed by atoms with Gasteiger partial charge in [-0.25, -0.2) is 0 Å². The molecule has 1 aliphatic rings. The van der Waals surface area contributed by atoms with Crippen LogP contribution in [0.1, 0.15) is 11.1 Å². The Morgan fingerprint density at radius 1 is 1.00 bits per heavy atom. The molecule has 150 valence electrons. The molecule has 1 aliphatic heterocycles. The number of thioether (sulfide) groups is 1. The van der Waals surface area contributed by atoms with Gasteiger partial charge in [-0.1, -0.05) is 29.8 Å². The molecule has 3 N–H and O–H groups in total. The van der Waals surface area contributed by atoms with Crippen LogP contribution in [0.5, 0.6) is 0 Å². The number of hydrogen-bond acceptors (Lipinski definition) is 2. The summed E-state index contributed by atoms with van der Waals surface area (Å²) in [4.78, 5) is 16.8. The zero-order chi connectivity index (χ0) is 19.9. The Bertz CT molecular complexity index is 769. The van der Waals surface area contributed by atoms with Crippen LogP contribution >= 0.6 is 23.4 Å². The molecule has 2 aromatic rings. The number of amides is 1. The number of nitrogens with one attached hydrogen (secondary N) is 3. The standard InChI is InChI=1S/C22H28ClN3OS/c1-17-4-3-5-18(2)22(17)24-21(27)16-26-12-10-25(11-13-26)14-15-28-20-8-6-19(23)7-9-20/h3-9H,10-16H2,1-2H3,(H,24,27)/p+2. The van der Waals surface area contributed by atoms with Crippen LogP contribution in [0, 0.1) is 13.8 Å². The van der Waals surface area contributed by atoms with Gasteiger partial charge >= 0.3 is 0 Å². The fourth-order valence-corrected chi connectivity index (χ4v) is 4.73. The van der Waals surface area contributed by atoms with E-state index in [0.29, 0.717) is 6.54 Å². The molecule has 28 heavy (non-hydrogen) atoms. The number of carbonyl (C=O) groups is 1. The van der Waals surface area contributed by atoms with E-state index >= 15 is 0 Å². The van der Waals surface area contributed by atoms with Crippen molar-refractivity contribution in [2.45, 2.75) is 18.7 Å². The molecule has 0 bridgehead atoms. The third-order valence-corrected chi connectivity index (χ3v) is 6.62. The molecule has 2 aromatic carbocycles. The Morgan fingerprint density at radius 2 is 1.61 bits per heavy atom. The monoisotopic (exact) mass is 419 g/mol. The molecule has 1 heterocycles. The average Bonchev–Trinajstić information content (AvgIpc) is 2.68. The van der Waals surface area contributed by atoms with Crippen molar-refractivity contribution in [2.75, 3.05) is 50.3 Å². The van der Waals surface area contributed by atoms with E-state index in [1.165, 1.54) is 9.80 Å². The molecular weight excluding hydrogens is 390 g/mol. The summed E-state index contributed by atoms with van der Waals surface area (Å²) < 4.78 is 0. The molecule has 0 aromatic heterocycles. The number of aryl methyl sites for hydroxylation is 2. The summed E-state index contributed by atoms with van der Waals surface area (Å²) in [5.74, 6) is 1.23. The van der Waals surface area contributed by atoms with Crippen molar-refractivity contribution in [1.82, 2.24) is 0 Å². The van der Waals surface area contributed by atoms with Crippen molar-refractivity contribution in [3.8, 4) is 0 Å². The van der Waals surface area contributed by atoms with Crippen LogP contribution in [0.25, 0.3) is 0 Å². The Kier molecular flexibility index (Phi) is 7.80. The lowest BCUT2D eigenvalue weighted by Gasteiger charge is -2.29. The first-order valence-electron chi connectivity index (χ1n) is 9.93. The van der Waals surface area contributed by atoms with E-state index in [1.54, 1.807) is 4.90 Å². The number of piperazine rings is 1. The van der Waals surface area contributed by atoms with Gasteiger partial charge in [-0.05, 0) is 49.2 Å². The van der Waals surface area contributed by atoms with Gasteiger partial charge in [-0.3, -0.25) is 4.79 Å². The maximum atomic E-state index is 12.5. The topological polar surface area (TPSA) is 38.0 Å². The SMILES string of the molecule is Cc1cccc(C)c1NC(=O)C[NH+]1CC[NH+](CCSc2ccc(Cl)cc2)CC1. The summed E-state index contributed by atoms with van der Waals surface area (Å²) in [6, 6.07) is 14.2. The second kappa shape index (κ2) is 10.3. The molecular formula is C22H30ClN3OS+2. The van der Waals surface area contributed by atoms with E-state index < -0.39 is 0 Å². The van der Waals surface area contributed by atoms with Crippen molar-refractivity contribution in [1.29, 1.82) is 0 Å². The molecule has 3 rings (SSSR count). The van der Waals surface area contributed by atoms with Crippen molar-refractivity contribution in [3.05, 3.63) is 58.6 Å². The lowest BCUT2D eigenvalue weighted by molar-refractivity contribution is -1.01. The van der Waals surface area contributed by atoms with Crippen molar-refractivity contribution in [3.63, 3.8) is 0 Å². The minimum absolute atomic E-state index is 0.120. The number of halogens is 1. The normalized spacial score (nSPS) is 19.4. The summed E-state index contributed by atoms with van der Waals surface area (Å²) in [6.45, 7) is 10.2. The van der Waals surface area contributed by atoms with E-state index in [4.69, 9.17) is 11.6 Å². The first-order chi connectivity index (χ1) is 13.5. The number of benzene rings is 2. The molecule has 0 radical (unpaired) electrons. The average molecular weight is 420 g/mol. The quantitative estimate of drug-likeness (QED) is 0.594. The van der Waals surface area contributed by atoms with Gasteiger partial charge < -0.3 is 15.1 Å². The van der Waals surface area contributed by atoms with Gasteiger partial charge in [0.25, 0.3) is 5.91 Å². The third kappa shape index (κ3) is 6.24. The van der Waals surface area contributed by atoms with Crippen LogP contribution in [-0.2, 0) is 4.79 Å². The molecule has 0 atom stereocenters.